The molecule has 0 N–H and O–H groups in total. The average Bonchev–Trinajstić information content (AvgIpc) is 2.77. The van der Waals surface area contributed by atoms with E-state index in [-0.39, 0.29) is 56.6 Å². The Kier molecular flexibility index (Phi) is 6.38. The molecule has 0 aromatic heterocycles. The molecule has 0 bridgehead atoms. The molecular weight excluding hydrogens is 472 g/mol. The van der Waals surface area contributed by atoms with Gasteiger partial charge in [-0.3, -0.25) is 9.59 Å². The van der Waals surface area contributed by atoms with E-state index in [0.717, 1.165) is 32.1 Å². The maximum atomic E-state index is 12.4. The van der Waals surface area contributed by atoms with Crippen LogP contribution >= 0.6 is 0 Å². The van der Waals surface area contributed by atoms with Gasteiger partial charge in [0.15, 0.2) is 0 Å². The van der Waals surface area contributed by atoms with Crippen LogP contribution in [0.3, 0.4) is 0 Å². The van der Waals surface area contributed by atoms with Gasteiger partial charge in [0.1, 0.15) is 12.2 Å². The summed E-state index contributed by atoms with van der Waals surface area (Å²) >= 11 is 0. The summed E-state index contributed by atoms with van der Waals surface area (Å²) in [7, 11) is 0. The lowest BCUT2D eigenvalue weighted by Crippen LogP contribution is -2.67. The smallest absolute Gasteiger partial charge is 0.302 e. The van der Waals surface area contributed by atoms with Crippen molar-refractivity contribution < 1.29 is 19.1 Å². The van der Waals surface area contributed by atoms with Crippen molar-refractivity contribution in [2.45, 2.75) is 139 Å². The van der Waals surface area contributed by atoms with E-state index in [2.05, 4.69) is 61.5 Å². The highest BCUT2D eigenvalue weighted by molar-refractivity contribution is 5.66. The molecule has 9 unspecified atom stereocenters. The van der Waals surface area contributed by atoms with E-state index in [4.69, 9.17) is 9.47 Å². The van der Waals surface area contributed by atoms with E-state index in [1.807, 2.05) is 0 Å². The van der Waals surface area contributed by atoms with Crippen molar-refractivity contribution in [1.29, 1.82) is 0 Å². The fraction of sp³-hybridized carbons (Fsp3) is 0.882. The summed E-state index contributed by atoms with van der Waals surface area (Å²) in [6, 6.07) is 0. The average molecular weight is 527 g/mol. The summed E-state index contributed by atoms with van der Waals surface area (Å²) in [4.78, 5) is 24.4. The number of allylic oxidation sites excluding steroid dienone is 1. The summed E-state index contributed by atoms with van der Waals surface area (Å²) in [5.74, 6) is 1.42. The molecule has 0 spiro atoms. The predicted octanol–water partition coefficient (Wildman–Crippen LogP) is 8.28. The molecule has 0 aromatic rings. The number of hydrogen-bond acceptors (Lipinski definition) is 4. The first kappa shape index (κ1) is 28.2. The first-order valence-electron chi connectivity index (χ1n) is 15.5. The molecule has 0 heterocycles. The lowest BCUT2D eigenvalue weighted by atomic mass is 9.32. The fourth-order valence-corrected chi connectivity index (χ4v) is 11.4. The van der Waals surface area contributed by atoms with Crippen molar-refractivity contribution in [1.82, 2.24) is 0 Å². The van der Waals surface area contributed by atoms with Gasteiger partial charge >= 0.3 is 11.9 Å². The quantitative estimate of drug-likeness (QED) is 0.268. The molecule has 38 heavy (non-hydrogen) atoms. The first-order valence-corrected chi connectivity index (χ1v) is 15.5. The Labute approximate surface area is 232 Å². The molecule has 214 valence electrons. The highest BCUT2D eigenvalue weighted by Gasteiger charge is 2.70. The highest BCUT2D eigenvalue weighted by atomic mass is 16.5. The second kappa shape index (κ2) is 8.59. The van der Waals surface area contributed by atoms with Gasteiger partial charge in [-0.1, -0.05) is 67.0 Å². The molecule has 5 aliphatic rings. The zero-order chi connectivity index (χ0) is 28.1. The van der Waals surface area contributed by atoms with Gasteiger partial charge in [0, 0.05) is 24.7 Å². The van der Waals surface area contributed by atoms with E-state index in [0.29, 0.717) is 17.8 Å². The van der Waals surface area contributed by atoms with Crippen LogP contribution in [-0.2, 0) is 19.1 Å². The number of fused-ring (bicyclic) bond motifs is 7. The van der Waals surface area contributed by atoms with Crippen molar-refractivity contribution >= 4 is 11.9 Å². The zero-order valence-corrected chi connectivity index (χ0v) is 26.0. The number of ether oxygens (including phenoxy) is 2. The van der Waals surface area contributed by atoms with Crippen LogP contribution < -0.4 is 0 Å². The molecule has 0 amide bonds. The second-order valence-electron chi connectivity index (χ2n) is 16.4. The van der Waals surface area contributed by atoms with Crippen LogP contribution in [0, 0.1) is 50.2 Å². The normalized spacial score (nSPS) is 48.8. The van der Waals surface area contributed by atoms with Gasteiger partial charge in [0.05, 0.1) is 0 Å². The molecular formula is C34H54O4. The van der Waals surface area contributed by atoms with Crippen LogP contribution in [0.25, 0.3) is 0 Å². The number of rotatable bonds is 2. The number of hydrogen-bond donors (Lipinski definition) is 0. The van der Waals surface area contributed by atoms with Gasteiger partial charge in [0.25, 0.3) is 0 Å². The summed E-state index contributed by atoms with van der Waals surface area (Å²) in [6.07, 6.45) is 12.7. The maximum absolute atomic E-state index is 12.4. The van der Waals surface area contributed by atoms with Crippen LogP contribution in [-0.4, -0.2) is 24.1 Å². The number of carbonyl (C=O) groups excluding carboxylic acids is 2. The molecule has 4 nitrogen and oxygen atoms in total. The van der Waals surface area contributed by atoms with Crippen LogP contribution in [0.2, 0.25) is 0 Å². The first-order chi connectivity index (χ1) is 17.4. The minimum atomic E-state index is -0.147. The van der Waals surface area contributed by atoms with Crippen molar-refractivity contribution in [2.24, 2.45) is 50.2 Å². The SMILES string of the molecule is CC(=O)OC1CC2(C)C(CCC3C4(C)CCC(OC(C)=O)C(C)(C)C4CCC32C)C2=CC(C)(C)CCC21C. The summed E-state index contributed by atoms with van der Waals surface area (Å²) < 4.78 is 12.2. The lowest BCUT2D eigenvalue weighted by Gasteiger charge is -2.73. The van der Waals surface area contributed by atoms with E-state index < -0.39 is 0 Å². The fourth-order valence-electron chi connectivity index (χ4n) is 11.4. The van der Waals surface area contributed by atoms with Crippen molar-refractivity contribution in [3.05, 3.63) is 11.6 Å². The van der Waals surface area contributed by atoms with E-state index >= 15 is 0 Å². The molecule has 4 saturated carbocycles. The Bertz CT molecular complexity index is 1040. The van der Waals surface area contributed by atoms with Gasteiger partial charge in [-0.15, -0.1) is 0 Å². The largest absolute Gasteiger partial charge is 0.462 e. The third kappa shape index (κ3) is 3.80. The van der Waals surface area contributed by atoms with Crippen LogP contribution in [0.1, 0.15) is 127 Å². The molecule has 0 saturated heterocycles. The Morgan fingerprint density at radius 3 is 1.97 bits per heavy atom. The van der Waals surface area contributed by atoms with Gasteiger partial charge in [-0.05, 0) is 97.2 Å². The molecule has 4 fully saturated rings. The molecule has 0 aromatic carbocycles. The van der Waals surface area contributed by atoms with Gasteiger partial charge in [-0.25, -0.2) is 0 Å². The molecule has 9 atom stereocenters. The molecule has 0 radical (unpaired) electrons. The topological polar surface area (TPSA) is 52.6 Å². The summed E-state index contributed by atoms with van der Waals surface area (Å²) in [6.45, 7) is 22.8. The van der Waals surface area contributed by atoms with Gasteiger partial charge in [0.2, 0.25) is 0 Å². The third-order valence-corrected chi connectivity index (χ3v) is 13.6. The highest BCUT2D eigenvalue weighted by Crippen LogP contribution is 2.76. The Morgan fingerprint density at radius 1 is 0.711 bits per heavy atom. The van der Waals surface area contributed by atoms with Crippen molar-refractivity contribution in [3.8, 4) is 0 Å². The number of carbonyl (C=O) groups is 2. The zero-order valence-electron chi connectivity index (χ0n) is 26.0. The standard InChI is InChI=1S/C34H54O4/c1-21(35)37-27-14-15-32(8)25(30(27,5)6)13-16-33(9)26(32)12-11-23-24-19-29(3,4)17-18-31(24,7)28(38-22(2)36)20-34(23,33)10/h19,23,25-28H,11-18,20H2,1-10H3. The lowest BCUT2D eigenvalue weighted by molar-refractivity contribution is -0.243. The Morgan fingerprint density at radius 2 is 1.34 bits per heavy atom. The Balaban J connectivity index is 1.57. The predicted molar refractivity (Wildman–Crippen MR) is 151 cm³/mol. The van der Waals surface area contributed by atoms with E-state index in [1.54, 1.807) is 19.4 Å². The minimum absolute atomic E-state index is 0.00715. The van der Waals surface area contributed by atoms with Crippen molar-refractivity contribution in [2.75, 3.05) is 0 Å². The third-order valence-electron chi connectivity index (χ3n) is 13.6. The van der Waals surface area contributed by atoms with Crippen LogP contribution in [0.15, 0.2) is 11.6 Å². The van der Waals surface area contributed by atoms with E-state index in [1.165, 1.54) is 25.7 Å². The number of esters is 2. The molecule has 0 aliphatic heterocycles. The monoisotopic (exact) mass is 526 g/mol. The molecule has 5 rings (SSSR count). The minimum Gasteiger partial charge on any atom is -0.462 e. The van der Waals surface area contributed by atoms with Crippen LogP contribution in [0.5, 0.6) is 0 Å². The summed E-state index contributed by atoms with van der Waals surface area (Å²) in [5.41, 5.74) is 2.18. The van der Waals surface area contributed by atoms with Gasteiger partial charge in [-0.2, -0.15) is 0 Å². The summed E-state index contributed by atoms with van der Waals surface area (Å²) in [5, 5.41) is 0. The second-order valence-corrected chi connectivity index (χ2v) is 16.4. The van der Waals surface area contributed by atoms with Crippen molar-refractivity contribution in [3.63, 3.8) is 0 Å². The molecule has 4 heteroatoms. The van der Waals surface area contributed by atoms with E-state index in [9.17, 15) is 9.59 Å². The Hall–Kier alpha value is -1.32. The molecule has 5 aliphatic carbocycles. The van der Waals surface area contributed by atoms with Gasteiger partial charge < -0.3 is 9.47 Å². The van der Waals surface area contributed by atoms with Crippen LogP contribution in [0.4, 0.5) is 0 Å². The maximum Gasteiger partial charge on any atom is 0.302 e.